The molecule has 1 saturated heterocycles. The van der Waals surface area contributed by atoms with Crippen molar-refractivity contribution in [2.75, 3.05) is 13.7 Å². The summed E-state index contributed by atoms with van der Waals surface area (Å²) >= 11 is 0. The van der Waals surface area contributed by atoms with Gasteiger partial charge in [-0.2, -0.15) is 0 Å². The Hall–Kier alpha value is -2.86. The van der Waals surface area contributed by atoms with Crippen LogP contribution in [0.15, 0.2) is 82.5 Å². The van der Waals surface area contributed by atoms with E-state index < -0.39 is 43.7 Å². The lowest BCUT2D eigenvalue weighted by Gasteiger charge is -2.43. The maximum absolute atomic E-state index is 12.5. The van der Waals surface area contributed by atoms with Gasteiger partial charge in [-0.1, -0.05) is 81.4 Å². The highest BCUT2D eigenvalue weighted by molar-refractivity contribution is 6.99. The lowest BCUT2D eigenvalue weighted by atomic mass is 10.1. The Labute approximate surface area is 210 Å². The fourth-order valence-electron chi connectivity index (χ4n) is 5.11. The summed E-state index contributed by atoms with van der Waals surface area (Å²) in [4.78, 5) is 26.2. The first kappa shape index (κ1) is 26.2. The van der Waals surface area contributed by atoms with Crippen LogP contribution in [0.3, 0.4) is 0 Å². The highest BCUT2D eigenvalue weighted by Gasteiger charge is 2.57. The van der Waals surface area contributed by atoms with E-state index in [0.717, 1.165) is 21.0 Å². The van der Waals surface area contributed by atoms with Crippen molar-refractivity contribution in [2.45, 2.75) is 50.0 Å². The average Bonchev–Trinajstić information content (AvgIpc) is 3.09. The molecule has 3 aromatic rings. The van der Waals surface area contributed by atoms with Gasteiger partial charge >= 0.3 is 5.69 Å². The van der Waals surface area contributed by atoms with Gasteiger partial charge in [0.25, 0.3) is 13.9 Å². The molecule has 192 valence electrons. The monoisotopic (exact) mass is 511 g/mol. The van der Waals surface area contributed by atoms with Crippen molar-refractivity contribution in [3.05, 3.63) is 93.8 Å². The van der Waals surface area contributed by atoms with E-state index in [1.54, 1.807) is 0 Å². The van der Waals surface area contributed by atoms with Crippen LogP contribution in [0, 0.1) is 0 Å². The van der Waals surface area contributed by atoms with E-state index in [-0.39, 0.29) is 11.6 Å². The smallest absolute Gasteiger partial charge is 0.331 e. The first-order valence-corrected chi connectivity index (χ1v) is 13.7. The van der Waals surface area contributed by atoms with E-state index >= 15 is 0 Å². The molecule has 10 heteroatoms. The van der Waals surface area contributed by atoms with Gasteiger partial charge < -0.3 is 19.0 Å². The molecule has 4 atom stereocenters. The minimum atomic E-state index is -2.91. The Balaban J connectivity index is 1.74. The van der Waals surface area contributed by atoms with Crippen LogP contribution in [-0.2, 0) is 19.7 Å². The number of ether oxygens (including phenoxy) is 2. The highest BCUT2D eigenvalue weighted by Crippen LogP contribution is 2.38. The van der Waals surface area contributed by atoms with Gasteiger partial charge in [-0.3, -0.25) is 20.1 Å². The van der Waals surface area contributed by atoms with Gasteiger partial charge in [-0.25, -0.2) is 4.79 Å². The Morgan fingerprint density at radius 1 is 1.06 bits per heavy atom. The SMILES string of the molecule is CO[C@@H]1[C@H](O)[C@@H](CO[Si](c2ccccc2)(c2ccccc2)C(C)(C)C)O[C@@]1(N)n1ccc(=O)[nH]c1=O. The van der Waals surface area contributed by atoms with E-state index in [9.17, 15) is 14.7 Å². The first-order chi connectivity index (χ1) is 17.0. The standard InChI is InChI=1S/C26H33N3O6Si/c1-25(2,3)36(18-11-7-5-8-12-18,19-13-9-6-10-14-19)34-17-20-22(31)23(33-4)26(27,35-20)29-16-15-21(30)28-24(29)32/h5-16,20,22-23,31H,17,27H2,1-4H3,(H,28,30,32)/t20-,22-,23-,26+/m1/s1. The van der Waals surface area contributed by atoms with Crippen molar-refractivity contribution in [1.82, 2.24) is 9.55 Å². The van der Waals surface area contributed by atoms with Crippen molar-refractivity contribution in [3.8, 4) is 0 Å². The van der Waals surface area contributed by atoms with Crippen molar-refractivity contribution in [3.63, 3.8) is 0 Å². The molecule has 4 N–H and O–H groups in total. The van der Waals surface area contributed by atoms with Crippen molar-refractivity contribution in [1.29, 1.82) is 0 Å². The van der Waals surface area contributed by atoms with E-state index in [1.807, 2.05) is 36.4 Å². The lowest BCUT2D eigenvalue weighted by Crippen LogP contribution is -2.67. The molecule has 0 radical (unpaired) electrons. The van der Waals surface area contributed by atoms with Gasteiger partial charge in [0, 0.05) is 19.4 Å². The van der Waals surface area contributed by atoms with Crippen LogP contribution in [0.2, 0.25) is 5.04 Å². The summed E-state index contributed by atoms with van der Waals surface area (Å²) in [6.07, 6.45) is -1.96. The second kappa shape index (κ2) is 9.89. The Morgan fingerprint density at radius 2 is 1.61 bits per heavy atom. The molecule has 0 saturated carbocycles. The second-order valence-corrected chi connectivity index (χ2v) is 14.3. The van der Waals surface area contributed by atoms with Crippen LogP contribution in [-0.4, -0.2) is 55.0 Å². The fraction of sp³-hybridized carbons (Fsp3) is 0.385. The highest BCUT2D eigenvalue weighted by atomic mass is 28.4. The number of nitrogens with one attached hydrogen (secondary N) is 1. The molecule has 1 aliphatic heterocycles. The van der Waals surface area contributed by atoms with Crippen molar-refractivity contribution < 1.29 is 19.0 Å². The molecule has 1 aliphatic rings. The quantitative estimate of drug-likeness (QED) is 0.393. The molecular weight excluding hydrogens is 478 g/mol. The van der Waals surface area contributed by atoms with Crippen molar-refractivity contribution in [2.24, 2.45) is 5.73 Å². The molecule has 0 bridgehead atoms. The van der Waals surface area contributed by atoms with Gasteiger partial charge in [0.05, 0.1) is 6.61 Å². The van der Waals surface area contributed by atoms with E-state index in [0.29, 0.717) is 0 Å². The summed E-state index contributed by atoms with van der Waals surface area (Å²) in [7, 11) is -1.54. The van der Waals surface area contributed by atoms with Gasteiger partial charge in [-0.15, -0.1) is 0 Å². The third-order valence-electron chi connectivity index (χ3n) is 6.77. The third-order valence-corrected chi connectivity index (χ3v) is 11.8. The molecule has 9 nitrogen and oxygen atoms in total. The summed E-state index contributed by atoms with van der Waals surface area (Å²) in [5.74, 6) is -1.85. The molecule has 2 heterocycles. The zero-order valence-corrected chi connectivity index (χ0v) is 21.9. The van der Waals surface area contributed by atoms with Crippen LogP contribution in [0.5, 0.6) is 0 Å². The lowest BCUT2D eigenvalue weighted by molar-refractivity contribution is -0.153. The number of hydrogen-bond donors (Lipinski definition) is 3. The van der Waals surface area contributed by atoms with Gasteiger partial charge in [0.1, 0.15) is 18.3 Å². The van der Waals surface area contributed by atoms with Crippen molar-refractivity contribution >= 4 is 18.7 Å². The summed E-state index contributed by atoms with van der Waals surface area (Å²) in [5, 5.41) is 13.0. The number of methoxy groups -OCH3 is 1. The van der Waals surface area contributed by atoms with Gasteiger partial charge in [-0.05, 0) is 15.4 Å². The molecular formula is C26H33N3O6Si. The Morgan fingerprint density at radius 3 is 2.08 bits per heavy atom. The minimum absolute atomic E-state index is 0.00532. The van der Waals surface area contributed by atoms with Gasteiger partial charge in [0.15, 0.2) is 0 Å². The van der Waals surface area contributed by atoms with Crippen LogP contribution in [0.1, 0.15) is 20.8 Å². The topological polar surface area (TPSA) is 129 Å². The molecule has 1 aromatic heterocycles. The number of H-pyrrole nitrogens is 1. The number of aliphatic hydroxyl groups excluding tert-OH is 1. The molecule has 0 aliphatic carbocycles. The van der Waals surface area contributed by atoms with Crippen LogP contribution in [0.4, 0.5) is 0 Å². The maximum atomic E-state index is 12.5. The minimum Gasteiger partial charge on any atom is -0.405 e. The molecule has 1 fully saturated rings. The molecule has 0 amide bonds. The van der Waals surface area contributed by atoms with E-state index in [2.05, 4.69) is 50.0 Å². The Bertz CT molecular complexity index is 1250. The average molecular weight is 512 g/mol. The summed E-state index contributed by atoms with van der Waals surface area (Å²) in [6, 6.07) is 21.3. The summed E-state index contributed by atoms with van der Waals surface area (Å²) < 4.78 is 19.5. The molecule has 0 spiro atoms. The number of aliphatic hydroxyl groups is 1. The molecule has 36 heavy (non-hydrogen) atoms. The fourth-order valence-corrected chi connectivity index (χ4v) is 9.68. The van der Waals surface area contributed by atoms with E-state index in [4.69, 9.17) is 19.6 Å². The van der Waals surface area contributed by atoms with Crippen LogP contribution in [0.25, 0.3) is 0 Å². The Kier molecular flexibility index (Phi) is 7.20. The molecule has 4 rings (SSSR count). The van der Waals surface area contributed by atoms with Crippen LogP contribution < -0.4 is 27.4 Å². The van der Waals surface area contributed by atoms with Crippen LogP contribution >= 0.6 is 0 Å². The number of nitrogens with two attached hydrogens (primary N) is 1. The zero-order chi connectivity index (χ0) is 26.1. The molecule has 0 unspecified atom stereocenters. The number of hydrogen-bond acceptors (Lipinski definition) is 7. The largest absolute Gasteiger partial charge is 0.405 e. The number of aromatic amines is 1. The zero-order valence-electron chi connectivity index (χ0n) is 20.9. The first-order valence-electron chi connectivity index (χ1n) is 11.8. The normalized spacial score (nSPS) is 24.7. The number of nitrogens with zero attached hydrogens (tertiary/aromatic N) is 1. The third kappa shape index (κ3) is 4.40. The van der Waals surface area contributed by atoms with E-state index in [1.165, 1.54) is 13.3 Å². The number of rotatable bonds is 7. The second-order valence-electron chi connectivity index (χ2n) is 10.0. The summed E-state index contributed by atoms with van der Waals surface area (Å²) in [6.45, 7) is 6.45. The predicted octanol–water partition coefficient (Wildman–Crippen LogP) is 0.457. The number of benzene rings is 2. The number of aromatic nitrogens is 2. The van der Waals surface area contributed by atoms with Gasteiger partial charge in [0.2, 0.25) is 5.85 Å². The molecule has 2 aromatic carbocycles. The summed E-state index contributed by atoms with van der Waals surface area (Å²) in [5.41, 5.74) is 5.16. The maximum Gasteiger partial charge on any atom is 0.331 e. The predicted molar refractivity (Wildman–Crippen MR) is 139 cm³/mol.